The molecular weight excluding hydrogens is 462 g/mol. The number of benzene rings is 3. The van der Waals surface area contributed by atoms with Gasteiger partial charge in [0.15, 0.2) is 0 Å². The van der Waals surface area contributed by atoms with E-state index in [9.17, 15) is 4.79 Å². The average Bonchev–Trinajstić information content (AvgIpc) is 2.80. The zero-order chi connectivity index (χ0) is 22.7. The van der Waals surface area contributed by atoms with E-state index in [1.165, 1.54) is 11.1 Å². The number of anilines is 1. The van der Waals surface area contributed by atoms with E-state index in [0.29, 0.717) is 12.3 Å². The molecule has 0 fully saturated rings. The lowest BCUT2D eigenvalue weighted by molar-refractivity contribution is -0.122. The molecule has 3 nitrogen and oxygen atoms in total. The largest absolute Gasteiger partial charge is 0.497 e. The molecule has 0 bridgehead atoms. The highest BCUT2D eigenvalue weighted by atomic mass is 79.9. The number of ether oxygens (including phenoxy) is 1. The maximum absolute atomic E-state index is 14.0. The Bertz CT molecular complexity index is 1110. The highest BCUT2D eigenvalue weighted by Crippen LogP contribution is 2.43. The lowest BCUT2D eigenvalue weighted by atomic mass is 9.66. The molecule has 1 N–H and O–H groups in total. The molecule has 1 amide bonds. The number of aryl methyl sites for hydroxylation is 1. The number of nitrogens with one attached hydrogen (secondary N) is 1. The molecule has 0 radical (unpaired) electrons. The predicted molar refractivity (Wildman–Crippen MR) is 135 cm³/mol. The maximum Gasteiger partial charge on any atom is 0.235 e. The summed E-state index contributed by atoms with van der Waals surface area (Å²) in [5, 5.41) is 3.24. The van der Waals surface area contributed by atoms with E-state index in [1.54, 1.807) is 7.11 Å². The standard InChI is InChI=1S/C28H30BrNO2/c1-19(2)20-10-13-23(14-11-20)30-27(31)28(18-22-7-4-5-9-26(22)29)16-6-8-21-12-15-24(32-3)17-25(21)28/h4-5,7,9-15,17,19H,6,8,16,18H2,1-3H3,(H,30,31). The molecule has 3 aromatic rings. The van der Waals surface area contributed by atoms with Crippen molar-refractivity contribution in [2.24, 2.45) is 0 Å². The highest BCUT2D eigenvalue weighted by molar-refractivity contribution is 9.10. The van der Waals surface area contributed by atoms with Crippen LogP contribution in [0.5, 0.6) is 5.75 Å². The first-order valence-corrected chi connectivity index (χ1v) is 12.0. The Morgan fingerprint density at radius 2 is 1.84 bits per heavy atom. The van der Waals surface area contributed by atoms with E-state index in [4.69, 9.17) is 4.74 Å². The molecule has 0 aliphatic heterocycles. The van der Waals surface area contributed by atoms with Crippen LogP contribution < -0.4 is 10.1 Å². The van der Waals surface area contributed by atoms with Crippen molar-refractivity contribution in [3.63, 3.8) is 0 Å². The molecule has 0 heterocycles. The van der Waals surface area contributed by atoms with Crippen molar-refractivity contribution >= 4 is 27.5 Å². The van der Waals surface area contributed by atoms with Gasteiger partial charge in [0.05, 0.1) is 12.5 Å². The summed E-state index contributed by atoms with van der Waals surface area (Å²) in [6.07, 6.45) is 3.38. The van der Waals surface area contributed by atoms with Crippen molar-refractivity contribution in [2.75, 3.05) is 12.4 Å². The Morgan fingerprint density at radius 1 is 1.09 bits per heavy atom. The zero-order valence-corrected chi connectivity index (χ0v) is 20.5. The van der Waals surface area contributed by atoms with Gasteiger partial charge in [-0.05, 0) is 84.2 Å². The van der Waals surface area contributed by atoms with Crippen LogP contribution in [0.15, 0.2) is 71.2 Å². The average molecular weight is 492 g/mol. The first-order chi connectivity index (χ1) is 15.4. The maximum atomic E-state index is 14.0. The van der Waals surface area contributed by atoms with Crippen molar-refractivity contribution in [3.05, 3.63) is 93.5 Å². The van der Waals surface area contributed by atoms with Gasteiger partial charge in [0, 0.05) is 10.2 Å². The number of fused-ring (bicyclic) bond motifs is 1. The van der Waals surface area contributed by atoms with Gasteiger partial charge in [-0.3, -0.25) is 4.79 Å². The second-order valence-electron chi connectivity index (χ2n) is 8.96. The number of carbonyl (C=O) groups is 1. The van der Waals surface area contributed by atoms with Gasteiger partial charge in [0.25, 0.3) is 0 Å². The predicted octanol–water partition coefficient (Wildman–Crippen LogP) is 7.04. The lowest BCUT2D eigenvalue weighted by Gasteiger charge is -2.38. The number of hydrogen-bond donors (Lipinski definition) is 1. The van der Waals surface area contributed by atoms with Crippen LogP contribution in [0, 0.1) is 0 Å². The summed E-state index contributed by atoms with van der Waals surface area (Å²) in [6, 6.07) is 22.6. The van der Waals surface area contributed by atoms with Gasteiger partial charge in [-0.25, -0.2) is 0 Å². The van der Waals surface area contributed by atoms with Crippen LogP contribution in [-0.2, 0) is 23.1 Å². The van der Waals surface area contributed by atoms with Gasteiger partial charge >= 0.3 is 0 Å². The second kappa shape index (κ2) is 9.50. The molecule has 0 spiro atoms. The number of rotatable bonds is 6. The minimum Gasteiger partial charge on any atom is -0.497 e. The third-order valence-electron chi connectivity index (χ3n) is 6.60. The molecule has 0 aromatic heterocycles. The van der Waals surface area contributed by atoms with Crippen LogP contribution in [0.1, 0.15) is 54.9 Å². The van der Waals surface area contributed by atoms with Crippen molar-refractivity contribution in [3.8, 4) is 5.75 Å². The normalized spacial score (nSPS) is 17.7. The van der Waals surface area contributed by atoms with E-state index in [1.807, 2.05) is 36.4 Å². The smallest absolute Gasteiger partial charge is 0.235 e. The molecule has 1 aliphatic carbocycles. The van der Waals surface area contributed by atoms with Crippen LogP contribution in [0.2, 0.25) is 0 Å². The minimum absolute atomic E-state index is 0.0414. The summed E-state index contributed by atoms with van der Waals surface area (Å²) in [6.45, 7) is 4.35. The van der Waals surface area contributed by atoms with Crippen molar-refractivity contribution < 1.29 is 9.53 Å². The molecule has 1 atom stereocenters. The fourth-order valence-electron chi connectivity index (χ4n) is 4.73. The van der Waals surface area contributed by atoms with E-state index in [2.05, 4.69) is 65.4 Å². The van der Waals surface area contributed by atoms with E-state index in [0.717, 1.165) is 46.3 Å². The summed E-state index contributed by atoms with van der Waals surface area (Å²) in [5.74, 6) is 1.29. The molecule has 0 saturated carbocycles. The van der Waals surface area contributed by atoms with Crippen LogP contribution in [-0.4, -0.2) is 13.0 Å². The Kier molecular flexibility index (Phi) is 6.71. The van der Waals surface area contributed by atoms with E-state index < -0.39 is 5.41 Å². The Labute approximate surface area is 199 Å². The molecule has 1 aliphatic rings. The first kappa shape index (κ1) is 22.6. The Balaban J connectivity index is 1.77. The molecule has 4 rings (SSSR count). The van der Waals surface area contributed by atoms with Gasteiger partial charge in [-0.15, -0.1) is 0 Å². The van der Waals surface area contributed by atoms with Crippen LogP contribution in [0.4, 0.5) is 5.69 Å². The quantitative estimate of drug-likeness (QED) is 0.401. The fourth-order valence-corrected chi connectivity index (χ4v) is 5.15. The van der Waals surface area contributed by atoms with Gasteiger partial charge in [-0.1, -0.05) is 66.2 Å². The van der Waals surface area contributed by atoms with Crippen molar-refractivity contribution in [2.45, 2.75) is 50.9 Å². The lowest BCUT2D eigenvalue weighted by Crippen LogP contribution is -2.45. The van der Waals surface area contributed by atoms with Gasteiger partial charge in [0.1, 0.15) is 5.75 Å². The fraction of sp³-hybridized carbons (Fsp3) is 0.321. The second-order valence-corrected chi connectivity index (χ2v) is 9.81. The molecule has 32 heavy (non-hydrogen) atoms. The van der Waals surface area contributed by atoms with Crippen LogP contribution in [0.25, 0.3) is 0 Å². The molecule has 166 valence electrons. The number of methoxy groups -OCH3 is 1. The zero-order valence-electron chi connectivity index (χ0n) is 19.0. The third kappa shape index (κ3) is 4.47. The number of carbonyl (C=O) groups excluding carboxylic acids is 1. The highest BCUT2D eigenvalue weighted by Gasteiger charge is 2.44. The van der Waals surface area contributed by atoms with E-state index in [-0.39, 0.29) is 5.91 Å². The number of amides is 1. The van der Waals surface area contributed by atoms with Gasteiger partial charge < -0.3 is 10.1 Å². The number of hydrogen-bond acceptors (Lipinski definition) is 2. The summed E-state index contributed by atoms with van der Waals surface area (Å²) < 4.78 is 6.57. The monoisotopic (exact) mass is 491 g/mol. The van der Waals surface area contributed by atoms with E-state index >= 15 is 0 Å². The summed E-state index contributed by atoms with van der Waals surface area (Å²) >= 11 is 3.70. The van der Waals surface area contributed by atoms with Gasteiger partial charge in [-0.2, -0.15) is 0 Å². The summed E-state index contributed by atoms with van der Waals surface area (Å²) in [4.78, 5) is 14.0. The SMILES string of the molecule is COc1ccc2c(c1)C(Cc1ccccc1Br)(C(=O)Nc1ccc(C(C)C)cc1)CCC2. The Morgan fingerprint density at radius 3 is 2.53 bits per heavy atom. The molecule has 0 saturated heterocycles. The van der Waals surface area contributed by atoms with Crippen molar-refractivity contribution in [1.82, 2.24) is 0 Å². The number of halogens is 1. The molecular formula is C28H30BrNO2. The summed E-state index contributed by atoms with van der Waals surface area (Å²) in [7, 11) is 1.68. The van der Waals surface area contributed by atoms with Crippen LogP contribution >= 0.6 is 15.9 Å². The summed E-state index contributed by atoms with van der Waals surface area (Å²) in [5.41, 5.74) is 4.88. The van der Waals surface area contributed by atoms with Gasteiger partial charge in [0.2, 0.25) is 5.91 Å². The molecule has 3 aromatic carbocycles. The van der Waals surface area contributed by atoms with Crippen molar-refractivity contribution in [1.29, 1.82) is 0 Å². The molecule has 1 unspecified atom stereocenters. The topological polar surface area (TPSA) is 38.3 Å². The van der Waals surface area contributed by atoms with Crippen LogP contribution in [0.3, 0.4) is 0 Å². The molecule has 4 heteroatoms. The third-order valence-corrected chi connectivity index (χ3v) is 7.38. The Hall–Kier alpha value is -2.59. The first-order valence-electron chi connectivity index (χ1n) is 11.2. The minimum atomic E-state index is -0.664.